The first-order valence-corrected chi connectivity index (χ1v) is 5.89. The second-order valence-electron chi connectivity index (χ2n) is 4.49. The van der Waals surface area contributed by atoms with Gasteiger partial charge in [0.05, 0.1) is 12.3 Å². The lowest BCUT2D eigenvalue weighted by Crippen LogP contribution is -2.34. The molecule has 0 bridgehead atoms. The molecule has 1 unspecified atom stereocenters. The molecule has 1 heterocycles. The smallest absolute Gasteiger partial charge is 0.118 e. The van der Waals surface area contributed by atoms with Crippen molar-refractivity contribution in [3.63, 3.8) is 0 Å². The molecular formula is C14H18N2O2. The van der Waals surface area contributed by atoms with E-state index in [1.165, 1.54) is 0 Å². The summed E-state index contributed by atoms with van der Waals surface area (Å²) in [4.78, 5) is 0. The fraction of sp³-hybridized carbons (Fsp3) is 0.357. The average molecular weight is 246 g/mol. The van der Waals surface area contributed by atoms with Crippen LogP contribution in [0.25, 0.3) is 0 Å². The molecule has 2 rings (SSSR count). The molecule has 0 aliphatic heterocycles. The summed E-state index contributed by atoms with van der Waals surface area (Å²) in [6, 6.07) is 11.5. The molecule has 18 heavy (non-hydrogen) atoms. The molecule has 4 heteroatoms. The van der Waals surface area contributed by atoms with E-state index in [1.54, 1.807) is 11.8 Å². The van der Waals surface area contributed by atoms with Crippen molar-refractivity contribution in [1.82, 2.24) is 9.78 Å². The number of nitrogens with zero attached hydrogens (tertiary/aromatic N) is 2. The molecule has 0 radical (unpaired) electrons. The van der Waals surface area contributed by atoms with E-state index in [4.69, 9.17) is 4.74 Å². The van der Waals surface area contributed by atoms with Crippen LogP contribution in [-0.4, -0.2) is 28.6 Å². The molecule has 4 nitrogen and oxygen atoms in total. The fourth-order valence-corrected chi connectivity index (χ4v) is 2.08. The van der Waals surface area contributed by atoms with Gasteiger partial charge >= 0.3 is 0 Å². The normalized spacial score (nSPS) is 14.4. The Labute approximate surface area is 107 Å². The van der Waals surface area contributed by atoms with E-state index < -0.39 is 5.60 Å². The number of ether oxygens (including phenoxy) is 1. The van der Waals surface area contributed by atoms with Crippen LogP contribution in [0.2, 0.25) is 0 Å². The van der Waals surface area contributed by atoms with E-state index in [2.05, 4.69) is 5.10 Å². The maximum atomic E-state index is 10.8. The quantitative estimate of drug-likeness (QED) is 0.869. The summed E-state index contributed by atoms with van der Waals surface area (Å²) in [6.07, 6.45) is 2.30. The fourth-order valence-electron chi connectivity index (χ4n) is 2.08. The van der Waals surface area contributed by atoms with Crippen molar-refractivity contribution in [2.45, 2.75) is 12.0 Å². The number of methoxy groups -OCH3 is 1. The molecule has 0 aliphatic rings. The van der Waals surface area contributed by atoms with Crippen LogP contribution in [0, 0.1) is 0 Å². The Morgan fingerprint density at radius 2 is 2.00 bits per heavy atom. The number of aromatic nitrogens is 2. The van der Waals surface area contributed by atoms with Gasteiger partial charge in [-0.2, -0.15) is 5.10 Å². The van der Waals surface area contributed by atoms with E-state index >= 15 is 0 Å². The molecule has 96 valence electrons. The van der Waals surface area contributed by atoms with E-state index in [9.17, 15) is 5.11 Å². The Balaban J connectivity index is 2.26. The van der Waals surface area contributed by atoms with Gasteiger partial charge in [0.2, 0.25) is 0 Å². The second kappa shape index (κ2) is 5.33. The van der Waals surface area contributed by atoms with Crippen LogP contribution in [0.3, 0.4) is 0 Å². The van der Waals surface area contributed by atoms with Crippen LogP contribution >= 0.6 is 0 Å². The SMILES string of the molecule is COCC(O)(Cc1ccn(C)n1)c1ccccc1. The molecule has 0 amide bonds. The number of aliphatic hydroxyl groups is 1. The second-order valence-corrected chi connectivity index (χ2v) is 4.49. The number of benzene rings is 1. The van der Waals surface area contributed by atoms with Gasteiger partial charge in [0.1, 0.15) is 5.60 Å². The Morgan fingerprint density at radius 3 is 2.56 bits per heavy atom. The van der Waals surface area contributed by atoms with Crippen LogP contribution in [-0.2, 0) is 23.8 Å². The van der Waals surface area contributed by atoms with Crippen LogP contribution in [0.5, 0.6) is 0 Å². The van der Waals surface area contributed by atoms with Crippen molar-refractivity contribution in [2.24, 2.45) is 7.05 Å². The van der Waals surface area contributed by atoms with Gasteiger partial charge < -0.3 is 9.84 Å². The van der Waals surface area contributed by atoms with Crippen molar-refractivity contribution in [3.8, 4) is 0 Å². The van der Waals surface area contributed by atoms with Gasteiger partial charge in [0, 0.05) is 26.8 Å². The van der Waals surface area contributed by atoms with E-state index in [1.807, 2.05) is 49.6 Å². The minimum Gasteiger partial charge on any atom is -0.382 e. The number of aryl methyl sites for hydroxylation is 1. The maximum Gasteiger partial charge on any atom is 0.118 e. The lowest BCUT2D eigenvalue weighted by molar-refractivity contribution is -0.0362. The van der Waals surface area contributed by atoms with Crippen LogP contribution in [0.4, 0.5) is 0 Å². The molecule has 0 saturated carbocycles. The molecule has 0 spiro atoms. The Kier molecular flexibility index (Phi) is 3.79. The number of rotatable bonds is 5. The first-order chi connectivity index (χ1) is 8.64. The minimum absolute atomic E-state index is 0.244. The predicted molar refractivity (Wildman–Crippen MR) is 69.1 cm³/mol. The van der Waals surface area contributed by atoms with Crippen molar-refractivity contribution in [2.75, 3.05) is 13.7 Å². The summed E-state index contributed by atoms with van der Waals surface area (Å²) in [5, 5.41) is 15.1. The van der Waals surface area contributed by atoms with E-state index in [0.29, 0.717) is 6.42 Å². The largest absolute Gasteiger partial charge is 0.382 e. The highest BCUT2D eigenvalue weighted by Gasteiger charge is 2.30. The lowest BCUT2D eigenvalue weighted by atomic mass is 9.90. The van der Waals surface area contributed by atoms with Crippen LogP contribution in [0.1, 0.15) is 11.3 Å². The summed E-state index contributed by atoms with van der Waals surface area (Å²) in [6.45, 7) is 0.244. The zero-order valence-corrected chi connectivity index (χ0v) is 10.7. The van der Waals surface area contributed by atoms with Gasteiger partial charge in [0.15, 0.2) is 0 Å². The lowest BCUT2D eigenvalue weighted by Gasteiger charge is -2.27. The van der Waals surface area contributed by atoms with E-state index in [-0.39, 0.29) is 6.61 Å². The summed E-state index contributed by atoms with van der Waals surface area (Å²) in [5.41, 5.74) is 0.656. The molecule has 0 fully saturated rings. The average Bonchev–Trinajstić information content (AvgIpc) is 2.76. The number of hydrogen-bond acceptors (Lipinski definition) is 3. The molecule has 0 aliphatic carbocycles. The van der Waals surface area contributed by atoms with Gasteiger partial charge in [-0.05, 0) is 11.6 Å². The standard InChI is InChI=1S/C14H18N2O2/c1-16-9-8-13(15-16)10-14(17,11-18-2)12-6-4-3-5-7-12/h3-9,17H,10-11H2,1-2H3. The molecule has 1 N–H and O–H groups in total. The zero-order chi connectivity index (χ0) is 13.0. The first kappa shape index (κ1) is 12.8. The van der Waals surface area contributed by atoms with Crippen molar-refractivity contribution >= 4 is 0 Å². The van der Waals surface area contributed by atoms with Crippen molar-refractivity contribution < 1.29 is 9.84 Å². The molecule has 2 aromatic rings. The zero-order valence-electron chi connectivity index (χ0n) is 10.7. The summed E-state index contributed by atoms with van der Waals surface area (Å²) in [5.74, 6) is 0. The van der Waals surface area contributed by atoms with Crippen LogP contribution in [0.15, 0.2) is 42.6 Å². The highest BCUT2D eigenvalue weighted by Crippen LogP contribution is 2.25. The minimum atomic E-state index is -1.04. The predicted octanol–water partition coefficient (Wildman–Crippen LogP) is 1.50. The van der Waals surface area contributed by atoms with Gasteiger partial charge in [0.25, 0.3) is 0 Å². The molecule has 1 aromatic heterocycles. The first-order valence-electron chi connectivity index (χ1n) is 5.89. The monoisotopic (exact) mass is 246 g/mol. The van der Waals surface area contributed by atoms with Gasteiger partial charge in [-0.25, -0.2) is 0 Å². The van der Waals surface area contributed by atoms with Crippen molar-refractivity contribution in [1.29, 1.82) is 0 Å². The third-order valence-corrected chi connectivity index (χ3v) is 2.94. The Hall–Kier alpha value is -1.65. The van der Waals surface area contributed by atoms with Crippen LogP contribution < -0.4 is 0 Å². The highest BCUT2D eigenvalue weighted by molar-refractivity contribution is 5.24. The molecule has 1 aromatic carbocycles. The highest BCUT2D eigenvalue weighted by atomic mass is 16.5. The third kappa shape index (κ3) is 2.78. The molecular weight excluding hydrogens is 228 g/mol. The van der Waals surface area contributed by atoms with Gasteiger partial charge in [-0.3, -0.25) is 4.68 Å². The van der Waals surface area contributed by atoms with Crippen molar-refractivity contribution in [3.05, 3.63) is 53.9 Å². The Bertz CT molecular complexity index is 496. The Morgan fingerprint density at radius 1 is 1.28 bits per heavy atom. The molecule has 0 saturated heterocycles. The molecule has 1 atom stereocenters. The summed E-state index contributed by atoms with van der Waals surface area (Å²) in [7, 11) is 3.45. The topological polar surface area (TPSA) is 47.3 Å². The summed E-state index contributed by atoms with van der Waals surface area (Å²) >= 11 is 0. The number of hydrogen-bond donors (Lipinski definition) is 1. The van der Waals surface area contributed by atoms with Gasteiger partial charge in [-0.1, -0.05) is 30.3 Å². The van der Waals surface area contributed by atoms with E-state index in [0.717, 1.165) is 11.3 Å². The summed E-state index contributed by atoms with van der Waals surface area (Å²) < 4.78 is 6.89. The van der Waals surface area contributed by atoms with Gasteiger partial charge in [-0.15, -0.1) is 0 Å². The third-order valence-electron chi connectivity index (χ3n) is 2.94. The maximum absolute atomic E-state index is 10.8.